The molecular formula is C26H29ClN4O5. The molecule has 1 aromatic carbocycles. The summed E-state index contributed by atoms with van der Waals surface area (Å²) in [5, 5.41) is 20.1. The summed E-state index contributed by atoms with van der Waals surface area (Å²) in [6, 6.07) is 11.9. The maximum Gasteiger partial charge on any atom is 0.193 e. The van der Waals surface area contributed by atoms with Crippen molar-refractivity contribution in [2.45, 2.75) is 38.3 Å². The van der Waals surface area contributed by atoms with E-state index in [0.717, 1.165) is 37.6 Å². The van der Waals surface area contributed by atoms with Crippen LogP contribution in [0.1, 0.15) is 19.4 Å². The van der Waals surface area contributed by atoms with Gasteiger partial charge >= 0.3 is 0 Å². The summed E-state index contributed by atoms with van der Waals surface area (Å²) in [5.74, 6) is 0.439. The van der Waals surface area contributed by atoms with Crippen LogP contribution in [0.3, 0.4) is 0 Å². The molecule has 36 heavy (non-hydrogen) atoms. The second-order valence-corrected chi connectivity index (χ2v) is 9.00. The summed E-state index contributed by atoms with van der Waals surface area (Å²) in [6.07, 6.45) is -1.75. The Hall–Kier alpha value is -2.87. The number of hydrogen-bond donors (Lipinski definition) is 2. The lowest BCUT2D eigenvalue weighted by atomic mass is 10.1. The predicted molar refractivity (Wildman–Crippen MR) is 136 cm³/mol. The number of aromatic nitrogens is 2. The van der Waals surface area contributed by atoms with Gasteiger partial charge in [0.25, 0.3) is 0 Å². The first-order valence-electron chi connectivity index (χ1n) is 12.3. The zero-order valence-corrected chi connectivity index (χ0v) is 21.0. The van der Waals surface area contributed by atoms with E-state index in [2.05, 4.69) is 16.0 Å². The van der Waals surface area contributed by atoms with Crippen LogP contribution in [0.4, 0.5) is 5.69 Å². The van der Waals surface area contributed by atoms with E-state index in [1.807, 2.05) is 38.1 Å². The van der Waals surface area contributed by atoms with Gasteiger partial charge in [0, 0.05) is 30.4 Å². The number of nitriles is 1. The number of anilines is 1. The molecule has 9 nitrogen and oxygen atoms in total. The Morgan fingerprint density at radius 3 is 2.58 bits per heavy atom. The van der Waals surface area contributed by atoms with Crippen LogP contribution in [0.2, 0.25) is 5.02 Å². The van der Waals surface area contributed by atoms with Crippen molar-refractivity contribution in [3.8, 4) is 23.2 Å². The molecule has 0 bridgehead atoms. The molecule has 2 N–H and O–H groups in total. The van der Waals surface area contributed by atoms with Crippen LogP contribution in [0.15, 0.2) is 30.3 Å². The number of aliphatic hydroxyl groups is 1. The Balaban J connectivity index is 0.00000130. The topological polar surface area (TPSA) is 113 Å². The minimum absolute atomic E-state index is 0.228. The third-order valence-corrected chi connectivity index (χ3v) is 6.94. The number of nitrogens with one attached hydrogen (secondary N) is 1. The van der Waals surface area contributed by atoms with Crippen LogP contribution in [0.5, 0.6) is 5.88 Å². The van der Waals surface area contributed by atoms with Gasteiger partial charge in [-0.1, -0.05) is 37.6 Å². The molecular weight excluding hydrogens is 484 g/mol. The van der Waals surface area contributed by atoms with Crippen molar-refractivity contribution >= 4 is 28.3 Å². The summed E-state index contributed by atoms with van der Waals surface area (Å²) in [6.45, 7) is 7.68. The van der Waals surface area contributed by atoms with Gasteiger partial charge in [-0.2, -0.15) is 5.26 Å². The Morgan fingerprint density at radius 2 is 1.86 bits per heavy atom. The van der Waals surface area contributed by atoms with E-state index < -0.39 is 6.10 Å². The molecule has 4 atom stereocenters. The van der Waals surface area contributed by atoms with E-state index in [9.17, 15) is 10.4 Å². The Bertz CT molecular complexity index is 1250. The minimum Gasteiger partial charge on any atom is -0.470 e. The van der Waals surface area contributed by atoms with E-state index in [-0.39, 0.29) is 29.9 Å². The third kappa shape index (κ3) is 4.51. The summed E-state index contributed by atoms with van der Waals surface area (Å²) in [5.41, 5.74) is 3.87. The number of rotatable bonds is 4. The lowest BCUT2D eigenvalue weighted by Crippen LogP contribution is -2.36. The molecule has 10 heteroatoms. The first-order chi connectivity index (χ1) is 17.6. The fraction of sp³-hybridized carbons (Fsp3) is 0.462. The number of morpholine rings is 1. The van der Waals surface area contributed by atoms with Crippen molar-refractivity contribution < 1.29 is 24.1 Å². The van der Waals surface area contributed by atoms with Gasteiger partial charge < -0.3 is 33.9 Å². The lowest BCUT2D eigenvalue weighted by Gasteiger charge is -2.28. The predicted octanol–water partition coefficient (Wildman–Crippen LogP) is 3.52. The van der Waals surface area contributed by atoms with Gasteiger partial charge in [0.1, 0.15) is 24.4 Å². The fourth-order valence-electron chi connectivity index (χ4n) is 4.82. The molecule has 5 heterocycles. The highest BCUT2D eigenvalue weighted by Gasteiger charge is 2.48. The van der Waals surface area contributed by atoms with Gasteiger partial charge in [-0.15, -0.1) is 0 Å². The number of pyridine rings is 1. The van der Waals surface area contributed by atoms with Crippen molar-refractivity contribution in [3.63, 3.8) is 0 Å². The number of H-pyrrole nitrogens is 1. The molecule has 3 saturated heterocycles. The zero-order valence-electron chi connectivity index (χ0n) is 20.2. The SMILES string of the molecule is CC.N#Cc1c(Cl)c(-c2ccc(N3CCOCC3)cc2)nc2cc(O[C@@H]3COC4[C@H](O)CO[C@@H]43)[nH]c12. The van der Waals surface area contributed by atoms with E-state index in [1.54, 1.807) is 6.07 Å². The summed E-state index contributed by atoms with van der Waals surface area (Å²) < 4.78 is 22.8. The maximum absolute atomic E-state index is 9.94. The molecule has 3 aliphatic rings. The van der Waals surface area contributed by atoms with Gasteiger partial charge in [-0.3, -0.25) is 0 Å². The number of benzene rings is 1. The Morgan fingerprint density at radius 1 is 1.14 bits per heavy atom. The second-order valence-electron chi connectivity index (χ2n) is 8.62. The first kappa shape index (κ1) is 24.8. The normalized spacial score (nSPS) is 25.2. The van der Waals surface area contributed by atoms with Gasteiger partial charge in [-0.05, 0) is 12.1 Å². The molecule has 3 aliphatic heterocycles. The molecule has 1 unspecified atom stereocenters. The molecule has 0 spiro atoms. The van der Waals surface area contributed by atoms with Crippen LogP contribution in [0.25, 0.3) is 22.3 Å². The number of hydrogen-bond acceptors (Lipinski definition) is 8. The highest BCUT2D eigenvalue weighted by Crippen LogP contribution is 2.36. The van der Waals surface area contributed by atoms with Crippen LogP contribution < -0.4 is 9.64 Å². The van der Waals surface area contributed by atoms with Gasteiger partial charge in [-0.25, -0.2) is 4.98 Å². The van der Waals surface area contributed by atoms with Crippen molar-refractivity contribution in [2.75, 3.05) is 44.4 Å². The monoisotopic (exact) mass is 512 g/mol. The molecule has 6 rings (SSSR count). The number of nitrogens with zero attached hydrogens (tertiary/aromatic N) is 3. The van der Waals surface area contributed by atoms with Crippen LogP contribution in [0, 0.1) is 11.3 Å². The number of halogens is 1. The van der Waals surface area contributed by atoms with E-state index in [0.29, 0.717) is 34.8 Å². The third-order valence-electron chi connectivity index (χ3n) is 6.57. The number of ether oxygens (including phenoxy) is 4. The van der Waals surface area contributed by atoms with Crippen molar-refractivity contribution in [1.29, 1.82) is 5.26 Å². The zero-order chi connectivity index (χ0) is 25.2. The molecule has 0 aliphatic carbocycles. The first-order valence-corrected chi connectivity index (χ1v) is 12.6. The molecule has 190 valence electrons. The van der Waals surface area contributed by atoms with Gasteiger partial charge in [0.05, 0.1) is 53.7 Å². The van der Waals surface area contributed by atoms with E-state index in [4.69, 9.17) is 35.5 Å². The highest BCUT2D eigenvalue weighted by atomic mass is 35.5. The number of aliphatic hydroxyl groups excluding tert-OH is 1. The molecule has 2 aromatic heterocycles. The van der Waals surface area contributed by atoms with Crippen molar-refractivity contribution in [1.82, 2.24) is 9.97 Å². The smallest absolute Gasteiger partial charge is 0.193 e. The quantitative estimate of drug-likeness (QED) is 0.546. The number of aromatic amines is 1. The van der Waals surface area contributed by atoms with Gasteiger partial charge in [0.15, 0.2) is 12.0 Å². The average Bonchev–Trinajstić information content (AvgIpc) is 3.62. The minimum atomic E-state index is -0.649. The Kier molecular flexibility index (Phi) is 7.32. The van der Waals surface area contributed by atoms with Crippen LogP contribution in [-0.2, 0) is 14.2 Å². The second kappa shape index (κ2) is 10.6. The van der Waals surface area contributed by atoms with Crippen LogP contribution in [-0.4, -0.2) is 79.0 Å². The maximum atomic E-state index is 9.94. The van der Waals surface area contributed by atoms with E-state index >= 15 is 0 Å². The summed E-state index contributed by atoms with van der Waals surface area (Å²) in [7, 11) is 0. The molecule has 3 fully saturated rings. The van der Waals surface area contributed by atoms with Gasteiger partial charge in [0.2, 0.25) is 0 Å². The van der Waals surface area contributed by atoms with Crippen molar-refractivity contribution in [2.24, 2.45) is 0 Å². The standard InChI is InChI=1S/C24H23ClN4O5.C2H6/c25-20-15(10-26)22-16(9-19(28-22)34-18-12-33-23-17(30)11-32-24(18)23)27-21(20)13-1-3-14(4-2-13)29-5-7-31-8-6-29;1-2/h1-4,9,17-18,23-24,28,30H,5-8,11-12H2;1-2H3/t17-,18-,23?,24-;/m1./s1. The molecule has 0 amide bonds. The van der Waals surface area contributed by atoms with Crippen LogP contribution >= 0.6 is 11.6 Å². The molecule has 0 saturated carbocycles. The molecule has 3 aromatic rings. The number of fused-ring (bicyclic) bond motifs is 2. The summed E-state index contributed by atoms with van der Waals surface area (Å²) in [4.78, 5) is 10.1. The summed E-state index contributed by atoms with van der Waals surface area (Å²) >= 11 is 6.64. The lowest BCUT2D eigenvalue weighted by molar-refractivity contribution is 0.00794. The van der Waals surface area contributed by atoms with Crippen molar-refractivity contribution in [3.05, 3.63) is 40.9 Å². The highest BCUT2D eigenvalue weighted by molar-refractivity contribution is 6.35. The largest absolute Gasteiger partial charge is 0.470 e. The Labute approximate surface area is 214 Å². The van der Waals surface area contributed by atoms with E-state index in [1.165, 1.54) is 0 Å². The fourth-order valence-corrected chi connectivity index (χ4v) is 5.10. The molecule has 0 radical (unpaired) electrons. The average molecular weight is 513 g/mol.